The van der Waals surface area contributed by atoms with Gasteiger partial charge in [-0.3, -0.25) is 0 Å². The van der Waals surface area contributed by atoms with E-state index in [0.717, 1.165) is 18.5 Å². The van der Waals surface area contributed by atoms with Crippen LogP contribution in [0.3, 0.4) is 0 Å². The monoisotopic (exact) mass is 255 g/mol. The van der Waals surface area contributed by atoms with Crippen molar-refractivity contribution in [2.45, 2.75) is 6.42 Å². The number of hydrogen-bond acceptors (Lipinski definition) is 2. The standard InChI is InChI=1S/C15H14FN3/c16-12-6-7-13-14(10-12)19-15(18-13)17-9-8-11-4-2-1-3-5-11/h1-7,10H,8-9H2,(H2,17,18,19). The van der Waals surface area contributed by atoms with Gasteiger partial charge in [-0.1, -0.05) is 30.3 Å². The van der Waals surface area contributed by atoms with E-state index < -0.39 is 0 Å². The van der Waals surface area contributed by atoms with Gasteiger partial charge in [-0.2, -0.15) is 0 Å². The highest BCUT2D eigenvalue weighted by molar-refractivity contribution is 5.77. The third-order valence-electron chi connectivity index (χ3n) is 2.99. The number of rotatable bonds is 4. The Morgan fingerprint density at radius 3 is 2.79 bits per heavy atom. The predicted molar refractivity (Wildman–Crippen MR) is 74.7 cm³/mol. The second-order valence-electron chi connectivity index (χ2n) is 4.41. The highest BCUT2D eigenvalue weighted by atomic mass is 19.1. The van der Waals surface area contributed by atoms with Crippen LogP contribution in [0.4, 0.5) is 10.3 Å². The molecule has 3 aromatic rings. The highest BCUT2D eigenvalue weighted by Gasteiger charge is 2.03. The smallest absolute Gasteiger partial charge is 0.201 e. The van der Waals surface area contributed by atoms with Gasteiger partial charge < -0.3 is 10.3 Å². The third-order valence-corrected chi connectivity index (χ3v) is 2.99. The molecule has 0 fully saturated rings. The quantitative estimate of drug-likeness (QED) is 0.750. The summed E-state index contributed by atoms with van der Waals surface area (Å²) in [5.41, 5.74) is 2.75. The number of nitrogens with one attached hydrogen (secondary N) is 2. The van der Waals surface area contributed by atoms with E-state index in [2.05, 4.69) is 27.4 Å². The predicted octanol–water partition coefficient (Wildman–Crippen LogP) is 3.36. The molecule has 0 saturated heterocycles. The Kier molecular flexibility index (Phi) is 3.14. The van der Waals surface area contributed by atoms with Crippen LogP contribution >= 0.6 is 0 Å². The molecule has 0 spiro atoms. The molecular weight excluding hydrogens is 241 g/mol. The van der Waals surface area contributed by atoms with Crippen molar-refractivity contribution >= 4 is 17.0 Å². The maximum Gasteiger partial charge on any atom is 0.201 e. The van der Waals surface area contributed by atoms with E-state index in [1.165, 1.54) is 17.7 Å². The second kappa shape index (κ2) is 5.10. The van der Waals surface area contributed by atoms with Crippen molar-refractivity contribution in [3.63, 3.8) is 0 Å². The number of imidazole rings is 1. The van der Waals surface area contributed by atoms with Gasteiger partial charge in [0.05, 0.1) is 11.0 Å². The normalized spacial score (nSPS) is 10.8. The first-order valence-electron chi connectivity index (χ1n) is 6.24. The molecule has 3 rings (SSSR count). The Bertz CT molecular complexity index is 676. The number of aromatic nitrogens is 2. The summed E-state index contributed by atoms with van der Waals surface area (Å²) in [6, 6.07) is 14.8. The molecule has 2 aromatic carbocycles. The Hall–Kier alpha value is -2.36. The van der Waals surface area contributed by atoms with Gasteiger partial charge in [-0.05, 0) is 30.2 Å². The Morgan fingerprint density at radius 2 is 1.95 bits per heavy atom. The van der Waals surface area contributed by atoms with Crippen LogP contribution in [-0.4, -0.2) is 16.5 Å². The molecule has 0 aliphatic rings. The number of halogens is 1. The van der Waals surface area contributed by atoms with Crippen molar-refractivity contribution in [3.8, 4) is 0 Å². The van der Waals surface area contributed by atoms with E-state index in [0.29, 0.717) is 11.5 Å². The van der Waals surface area contributed by atoms with E-state index in [-0.39, 0.29) is 5.82 Å². The van der Waals surface area contributed by atoms with E-state index in [1.807, 2.05) is 18.2 Å². The van der Waals surface area contributed by atoms with Gasteiger partial charge in [0.2, 0.25) is 5.95 Å². The van der Waals surface area contributed by atoms with E-state index in [4.69, 9.17) is 0 Å². The van der Waals surface area contributed by atoms with Gasteiger partial charge in [0.1, 0.15) is 5.82 Å². The molecule has 3 nitrogen and oxygen atoms in total. The molecule has 96 valence electrons. The van der Waals surface area contributed by atoms with E-state index >= 15 is 0 Å². The number of anilines is 1. The maximum absolute atomic E-state index is 13.1. The summed E-state index contributed by atoms with van der Waals surface area (Å²) in [5, 5.41) is 3.21. The Labute approximate surface area is 110 Å². The summed E-state index contributed by atoms with van der Waals surface area (Å²) in [5.74, 6) is 0.420. The molecule has 0 aliphatic carbocycles. The average Bonchev–Trinajstić information content (AvgIpc) is 2.82. The van der Waals surface area contributed by atoms with Gasteiger partial charge in [0, 0.05) is 6.54 Å². The van der Waals surface area contributed by atoms with Crippen molar-refractivity contribution in [2.24, 2.45) is 0 Å². The van der Waals surface area contributed by atoms with Crippen LogP contribution in [0.15, 0.2) is 48.5 Å². The number of fused-ring (bicyclic) bond motifs is 1. The largest absolute Gasteiger partial charge is 0.355 e. The van der Waals surface area contributed by atoms with Crippen LogP contribution in [0.25, 0.3) is 11.0 Å². The molecule has 0 bridgehead atoms. The van der Waals surface area contributed by atoms with Crippen LogP contribution in [-0.2, 0) is 6.42 Å². The van der Waals surface area contributed by atoms with Crippen molar-refractivity contribution in [2.75, 3.05) is 11.9 Å². The first-order chi connectivity index (χ1) is 9.31. The zero-order chi connectivity index (χ0) is 13.1. The minimum Gasteiger partial charge on any atom is -0.355 e. The average molecular weight is 255 g/mol. The van der Waals surface area contributed by atoms with Crippen LogP contribution in [0, 0.1) is 5.82 Å². The molecule has 1 aromatic heterocycles. The first-order valence-corrected chi connectivity index (χ1v) is 6.24. The fourth-order valence-corrected chi connectivity index (χ4v) is 2.04. The Balaban J connectivity index is 1.65. The molecule has 19 heavy (non-hydrogen) atoms. The molecule has 0 aliphatic heterocycles. The lowest BCUT2D eigenvalue weighted by atomic mass is 10.1. The van der Waals surface area contributed by atoms with Gasteiger partial charge >= 0.3 is 0 Å². The molecule has 0 radical (unpaired) electrons. The number of aromatic amines is 1. The van der Waals surface area contributed by atoms with E-state index in [1.54, 1.807) is 6.07 Å². The lowest BCUT2D eigenvalue weighted by Gasteiger charge is -2.02. The van der Waals surface area contributed by atoms with Crippen molar-refractivity contribution in [1.29, 1.82) is 0 Å². The fourth-order valence-electron chi connectivity index (χ4n) is 2.04. The highest BCUT2D eigenvalue weighted by Crippen LogP contribution is 2.15. The Morgan fingerprint density at radius 1 is 1.11 bits per heavy atom. The summed E-state index contributed by atoms with van der Waals surface area (Å²) in [7, 11) is 0. The van der Waals surface area contributed by atoms with E-state index in [9.17, 15) is 4.39 Å². The van der Waals surface area contributed by atoms with Crippen LogP contribution in [0.1, 0.15) is 5.56 Å². The minimum atomic E-state index is -0.257. The number of H-pyrrole nitrogens is 1. The topological polar surface area (TPSA) is 40.7 Å². The molecule has 4 heteroatoms. The summed E-state index contributed by atoms with van der Waals surface area (Å²) in [6.07, 6.45) is 0.923. The van der Waals surface area contributed by atoms with Crippen molar-refractivity contribution < 1.29 is 4.39 Å². The third kappa shape index (κ3) is 2.73. The molecule has 0 atom stereocenters. The fraction of sp³-hybridized carbons (Fsp3) is 0.133. The van der Waals surface area contributed by atoms with Crippen molar-refractivity contribution in [3.05, 3.63) is 59.9 Å². The van der Waals surface area contributed by atoms with Crippen LogP contribution in [0.5, 0.6) is 0 Å². The molecule has 2 N–H and O–H groups in total. The lowest BCUT2D eigenvalue weighted by Crippen LogP contribution is -2.05. The SMILES string of the molecule is Fc1ccc2nc(NCCc3ccccc3)[nH]c2c1. The summed E-state index contributed by atoms with van der Waals surface area (Å²) >= 11 is 0. The van der Waals surface area contributed by atoms with Gasteiger partial charge in [-0.15, -0.1) is 0 Å². The zero-order valence-electron chi connectivity index (χ0n) is 10.4. The molecule has 0 saturated carbocycles. The maximum atomic E-state index is 13.1. The zero-order valence-corrected chi connectivity index (χ0v) is 10.4. The summed E-state index contributed by atoms with van der Waals surface area (Å²) in [6.45, 7) is 0.784. The molecular formula is C15H14FN3. The van der Waals surface area contributed by atoms with Crippen molar-refractivity contribution in [1.82, 2.24) is 9.97 Å². The number of nitrogens with zero attached hydrogens (tertiary/aromatic N) is 1. The molecule has 0 unspecified atom stereocenters. The van der Waals surface area contributed by atoms with Gasteiger partial charge in [0.15, 0.2) is 0 Å². The van der Waals surface area contributed by atoms with Crippen LogP contribution in [0.2, 0.25) is 0 Å². The molecule has 1 heterocycles. The van der Waals surface area contributed by atoms with Gasteiger partial charge in [-0.25, -0.2) is 9.37 Å². The number of hydrogen-bond donors (Lipinski definition) is 2. The summed E-state index contributed by atoms with van der Waals surface area (Å²) < 4.78 is 13.1. The lowest BCUT2D eigenvalue weighted by molar-refractivity contribution is 0.629. The van der Waals surface area contributed by atoms with Gasteiger partial charge in [0.25, 0.3) is 0 Å². The summed E-state index contributed by atoms with van der Waals surface area (Å²) in [4.78, 5) is 7.41. The first kappa shape index (κ1) is 11.7. The number of benzene rings is 2. The molecule has 0 amide bonds. The van der Waals surface area contributed by atoms with Crippen LogP contribution < -0.4 is 5.32 Å². The second-order valence-corrected chi connectivity index (χ2v) is 4.41. The minimum absolute atomic E-state index is 0.257.